The molecule has 1 aromatic heterocycles. The summed E-state index contributed by atoms with van der Waals surface area (Å²) in [5, 5.41) is 18.2. The zero-order valence-electron chi connectivity index (χ0n) is 9.88. The lowest BCUT2D eigenvalue weighted by Gasteiger charge is -2.26. The van der Waals surface area contributed by atoms with Crippen molar-refractivity contribution in [1.29, 1.82) is 0 Å². The summed E-state index contributed by atoms with van der Waals surface area (Å²) in [6.45, 7) is -0.0631. The first kappa shape index (κ1) is 11.7. The smallest absolute Gasteiger partial charge is 0.112 e. The molecule has 1 heterocycles. The fraction of sp³-hybridized carbons (Fsp3) is 0.385. The first-order valence-corrected chi connectivity index (χ1v) is 6.48. The number of aromatic nitrogens is 3. The first-order chi connectivity index (χ1) is 8.79. The molecule has 1 fully saturated rings. The van der Waals surface area contributed by atoms with Gasteiger partial charge in [0.25, 0.3) is 0 Å². The van der Waals surface area contributed by atoms with Crippen LogP contribution < -0.4 is 0 Å². The number of hydrogen-bond acceptors (Lipinski definition) is 3. The Morgan fingerprint density at radius 1 is 1.39 bits per heavy atom. The molecule has 0 unspecified atom stereocenters. The Labute approximate surface area is 110 Å². The maximum absolute atomic E-state index is 9.36. The van der Waals surface area contributed by atoms with Gasteiger partial charge in [-0.15, -0.1) is 5.10 Å². The Hall–Kier alpha value is -1.39. The number of aliphatic hydroxyl groups is 1. The van der Waals surface area contributed by atoms with Gasteiger partial charge in [0.2, 0.25) is 0 Å². The molecule has 4 nitrogen and oxygen atoms in total. The minimum absolute atomic E-state index is 0.0631. The summed E-state index contributed by atoms with van der Waals surface area (Å²) in [5.74, 6) is 0.459. The van der Waals surface area contributed by atoms with Crippen LogP contribution in [0.25, 0.3) is 5.69 Å². The molecule has 3 rings (SSSR count). The third-order valence-corrected chi connectivity index (χ3v) is 3.71. The Balaban J connectivity index is 2.08. The summed E-state index contributed by atoms with van der Waals surface area (Å²) in [6, 6.07) is 7.53. The standard InChI is InChI=1S/C13H14ClN3O/c14-10-5-2-6-11(7-10)17-13(9-3-1-4-9)12(8-18)15-16-17/h2,5-7,9,18H,1,3-4,8H2. The topological polar surface area (TPSA) is 50.9 Å². The summed E-state index contributed by atoms with van der Waals surface area (Å²) in [6.07, 6.45) is 3.51. The van der Waals surface area contributed by atoms with Gasteiger partial charge in [0.15, 0.2) is 0 Å². The van der Waals surface area contributed by atoms with E-state index in [1.54, 1.807) is 4.68 Å². The van der Waals surface area contributed by atoms with E-state index in [4.69, 9.17) is 11.6 Å². The number of halogens is 1. The molecule has 0 atom stereocenters. The van der Waals surface area contributed by atoms with E-state index >= 15 is 0 Å². The van der Waals surface area contributed by atoms with E-state index in [0.717, 1.165) is 24.2 Å². The Morgan fingerprint density at radius 2 is 2.22 bits per heavy atom. The predicted octanol–water partition coefficient (Wildman–Crippen LogP) is 2.68. The third-order valence-electron chi connectivity index (χ3n) is 3.47. The molecule has 94 valence electrons. The van der Waals surface area contributed by atoms with Crippen LogP contribution in [0, 0.1) is 0 Å². The highest BCUT2D eigenvalue weighted by Gasteiger charge is 2.27. The molecule has 5 heteroatoms. The molecule has 0 spiro atoms. The average Bonchev–Trinajstić information content (AvgIpc) is 2.70. The van der Waals surface area contributed by atoms with Gasteiger partial charge in [-0.3, -0.25) is 0 Å². The van der Waals surface area contributed by atoms with Crippen LogP contribution in [-0.4, -0.2) is 20.1 Å². The fourth-order valence-electron chi connectivity index (χ4n) is 2.32. The number of benzene rings is 1. The van der Waals surface area contributed by atoms with E-state index in [1.165, 1.54) is 6.42 Å². The molecule has 1 saturated carbocycles. The highest BCUT2D eigenvalue weighted by molar-refractivity contribution is 6.30. The van der Waals surface area contributed by atoms with Crippen molar-refractivity contribution in [2.24, 2.45) is 0 Å². The van der Waals surface area contributed by atoms with Crippen LogP contribution >= 0.6 is 11.6 Å². The minimum Gasteiger partial charge on any atom is -0.390 e. The van der Waals surface area contributed by atoms with E-state index in [2.05, 4.69) is 10.3 Å². The van der Waals surface area contributed by atoms with Crippen molar-refractivity contribution in [1.82, 2.24) is 15.0 Å². The highest BCUT2D eigenvalue weighted by Crippen LogP contribution is 2.38. The summed E-state index contributed by atoms with van der Waals surface area (Å²) in [7, 11) is 0. The lowest BCUT2D eigenvalue weighted by molar-refractivity contribution is 0.272. The van der Waals surface area contributed by atoms with Gasteiger partial charge < -0.3 is 5.11 Å². The van der Waals surface area contributed by atoms with E-state index in [9.17, 15) is 5.11 Å². The van der Waals surface area contributed by atoms with Gasteiger partial charge in [-0.2, -0.15) is 0 Å². The quantitative estimate of drug-likeness (QED) is 0.926. The second-order valence-corrected chi connectivity index (χ2v) is 5.04. The molecular formula is C13H14ClN3O. The van der Waals surface area contributed by atoms with E-state index < -0.39 is 0 Å². The second-order valence-electron chi connectivity index (χ2n) is 4.60. The van der Waals surface area contributed by atoms with Crippen molar-refractivity contribution < 1.29 is 5.11 Å². The zero-order chi connectivity index (χ0) is 12.5. The normalized spacial score (nSPS) is 15.7. The van der Waals surface area contributed by atoms with Crippen LogP contribution in [0.4, 0.5) is 0 Å². The van der Waals surface area contributed by atoms with Crippen LogP contribution in [-0.2, 0) is 6.61 Å². The van der Waals surface area contributed by atoms with Gasteiger partial charge >= 0.3 is 0 Å². The van der Waals surface area contributed by atoms with Crippen LogP contribution in [0.1, 0.15) is 36.6 Å². The molecule has 18 heavy (non-hydrogen) atoms. The van der Waals surface area contributed by atoms with Crippen molar-refractivity contribution in [2.75, 3.05) is 0 Å². The second kappa shape index (κ2) is 4.71. The van der Waals surface area contributed by atoms with Gasteiger partial charge in [-0.1, -0.05) is 29.3 Å². The summed E-state index contributed by atoms with van der Waals surface area (Å²) in [5.41, 5.74) is 2.61. The molecule has 0 saturated heterocycles. The molecule has 1 aliphatic carbocycles. The molecule has 1 aliphatic rings. The highest BCUT2D eigenvalue weighted by atomic mass is 35.5. The maximum Gasteiger partial charge on any atom is 0.112 e. The van der Waals surface area contributed by atoms with Crippen molar-refractivity contribution >= 4 is 11.6 Å². The van der Waals surface area contributed by atoms with E-state index in [1.807, 2.05) is 24.3 Å². The third kappa shape index (κ3) is 1.91. The summed E-state index contributed by atoms with van der Waals surface area (Å²) < 4.78 is 1.81. The molecule has 0 amide bonds. The largest absolute Gasteiger partial charge is 0.390 e. The Bertz CT molecular complexity index is 563. The van der Waals surface area contributed by atoms with Crippen LogP contribution in [0.5, 0.6) is 0 Å². The molecule has 0 aliphatic heterocycles. The number of rotatable bonds is 3. The van der Waals surface area contributed by atoms with Crippen molar-refractivity contribution in [3.8, 4) is 5.69 Å². The van der Waals surface area contributed by atoms with Crippen LogP contribution in [0.2, 0.25) is 5.02 Å². The van der Waals surface area contributed by atoms with Crippen LogP contribution in [0.3, 0.4) is 0 Å². The van der Waals surface area contributed by atoms with Crippen LogP contribution in [0.15, 0.2) is 24.3 Å². The summed E-state index contributed by atoms with van der Waals surface area (Å²) >= 11 is 6.00. The number of hydrogen-bond donors (Lipinski definition) is 1. The van der Waals surface area contributed by atoms with Crippen molar-refractivity contribution in [2.45, 2.75) is 31.8 Å². The van der Waals surface area contributed by atoms with Gasteiger partial charge in [0.1, 0.15) is 5.69 Å². The van der Waals surface area contributed by atoms with Gasteiger partial charge in [-0.25, -0.2) is 4.68 Å². The molecular weight excluding hydrogens is 250 g/mol. The van der Waals surface area contributed by atoms with Gasteiger partial charge in [-0.05, 0) is 31.0 Å². The molecule has 0 radical (unpaired) electrons. The first-order valence-electron chi connectivity index (χ1n) is 6.11. The fourth-order valence-corrected chi connectivity index (χ4v) is 2.51. The monoisotopic (exact) mass is 263 g/mol. The molecule has 0 bridgehead atoms. The van der Waals surface area contributed by atoms with Gasteiger partial charge in [0.05, 0.1) is 18.0 Å². The minimum atomic E-state index is -0.0631. The lowest BCUT2D eigenvalue weighted by Crippen LogP contribution is -2.16. The lowest BCUT2D eigenvalue weighted by atomic mass is 9.82. The zero-order valence-corrected chi connectivity index (χ0v) is 10.6. The van der Waals surface area contributed by atoms with Crippen molar-refractivity contribution in [3.05, 3.63) is 40.7 Å². The predicted molar refractivity (Wildman–Crippen MR) is 68.9 cm³/mol. The summed E-state index contributed by atoms with van der Waals surface area (Å²) in [4.78, 5) is 0. The number of nitrogens with zero attached hydrogens (tertiary/aromatic N) is 3. The average molecular weight is 264 g/mol. The Morgan fingerprint density at radius 3 is 2.83 bits per heavy atom. The maximum atomic E-state index is 9.36. The SMILES string of the molecule is OCc1nnn(-c2cccc(Cl)c2)c1C1CCC1. The van der Waals surface area contributed by atoms with E-state index in [-0.39, 0.29) is 6.61 Å². The van der Waals surface area contributed by atoms with Crippen molar-refractivity contribution in [3.63, 3.8) is 0 Å². The molecule has 1 N–H and O–H groups in total. The van der Waals surface area contributed by atoms with E-state index in [0.29, 0.717) is 16.6 Å². The molecule has 1 aromatic carbocycles. The van der Waals surface area contributed by atoms with Gasteiger partial charge in [0, 0.05) is 10.9 Å². The molecule has 2 aromatic rings. The number of aliphatic hydroxyl groups excluding tert-OH is 1. The Kier molecular flexibility index (Phi) is 3.06.